The number of aromatic nitrogens is 5. The summed E-state index contributed by atoms with van der Waals surface area (Å²) >= 11 is 0. The third-order valence-electron chi connectivity index (χ3n) is 6.48. The number of hydrogen-bond acceptors (Lipinski definition) is 9. The number of nitrogens with one attached hydrogen (secondary N) is 1. The van der Waals surface area contributed by atoms with E-state index in [0.29, 0.717) is 29.3 Å². The summed E-state index contributed by atoms with van der Waals surface area (Å²) in [5, 5.41) is 22.6. The molecule has 11 nitrogen and oxygen atoms in total. The third kappa shape index (κ3) is 4.46. The van der Waals surface area contributed by atoms with E-state index in [-0.39, 0.29) is 18.3 Å². The van der Waals surface area contributed by atoms with Gasteiger partial charge in [0.05, 0.1) is 19.0 Å². The Morgan fingerprint density at radius 3 is 2.52 bits per heavy atom. The van der Waals surface area contributed by atoms with Crippen LogP contribution >= 0.6 is 0 Å². The monoisotopic (exact) mass is 452 g/mol. The fraction of sp³-hybridized carbons (Fsp3) is 0.500. The first-order valence-electron chi connectivity index (χ1n) is 11.4. The summed E-state index contributed by atoms with van der Waals surface area (Å²) in [5.74, 6) is 0.737. The first-order chi connectivity index (χ1) is 16.1. The van der Waals surface area contributed by atoms with E-state index in [2.05, 4.69) is 35.1 Å². The molecule has 3 aromatic heterocycles. The van der Waals surface area contributed by atoms with E-state index in [1.165, 1.54) is 0 Å². The van der Waals surface area contributed by atoms with Crippen molar-refractivity contribution in [1.82, 2.24) is 29.4 Å². The highest BCUT2D eigenvalue weighted by molar-refractivity contribution is 5.93. The molecule has 5 rings (SSSR count). The maximum Gasteiger partial charge on any atom is 0.352 e. The van der Waals surface area contributed by atoms with Crippen LogP contribution in [-0.4, -0.2) is 84.9 Å². The standard InChI is InChI=1S/C22H28N8O3/c31-10-9-28-5-7-29(8-6-28)19-14-23-18(13-24-19)26-22-25-12-15-11-17(21(32)33)30(20(15)27-22)16-3-1-2-4-16/h11-14,16,31H,1-10H2,(H,32,33)(H,23,25,26,27). The van der Waals surface area contributed by atoms with Gasteiger partial charge in [-0.1, -0.05) is 12.8 Å². The molecule has 11 heteroatoms. The van der Waals surface area contributed by atoms with Crippen molar-refractivity contribution in [2.24, 2.45) is 0 Å². The average molecular weight is 453 g/mol. The van der Waals surface area contributed by atoms with Crippen LogP contribution in [0.1, 0.15) is 42.2 Å². The van der Waals surface area contributed by atoms with Crippen LogP contribution < -0.4 is 10.2 Å². The number of anilines is 3. The Morgan fingerprint density at radius 1 is 1.06 bits per heavy atom. The molecular weight excluding hydrogens is 424 g/mol. The van der Waals surface area contributed by atoms with Gasteiger partial charge in [-0.3, -0.25) is 4.90 Å². The van der Waals surface area contributed by atoms with Crippen molar-refractivity contribution >= 4 is 34.6 Å². The van der Waals surface area contributed by atoms with Crippen LogP contribution in [0.25, 0.3) is 11.0 Å². The van der Waals surface area contributed by atoms with Crippen LogP contribution in [0.2, 0.25) is 0 Å². The molecule has 33 heavy (non-hydrogen) atoms. The zero-order chi connectivity index (χ0) is 22.8. The number of hydrogen-bond donors (Lipinski definition) is 3. The number of carbonyl (C=O) groups is 1. The van der Waals surface area contributed by atoms with Gasteiger partial charge in [-0.15, -0.1) is 0 Å². The molecule has 2 aliphatic rings. The van der Waals surface area contributed by atoms with E-state index >= 15 is 0 Å². The number of aromatic carboxylic acids is 1. The summed E-state index contributed by atoms with van der Waals surface area (Å²) < 4.78 is 1.85. The lowest BCUT2D eigenvalue weighted by Gasteiger charge is -2.34. The SMILES string of the molecule is O=C(O)c1cc2cnc(Nc3cnc(N4CCN(CCO)CC4)cn3)nc2n1C1CCCC1. The van der Waals surface area contributed by atoms with Gasteiger partial charge in [-0.2, -0.15) is 4.98 Å². The Hall–Kier alpha value is -3.31. The van der Waals surface area contributed by atoms with Crippen molar-refractivity contribution in [1.29, 1.82) is 0 Å². The first kappa shape index (κ1) is 21.5. The van der Waals surface area contributed by atoms with Crippen LogP contribution in [0.15, 0.2) is 24.7 Å². The van der Waals surface area contributed by atoms with Crippen LogP contribution in [-0.2, 0) is 0 Å². The quantitative estimate of drug-likeness (QED) is 0.488. The summed E-state index contributed by atoms with van der Waals surface area (Å²) in [5.41, 5.74) is 0.883. The Bertz CT molecular complexity index is 1120. The minimum atomic E-state index is -0.951. The van der Waals surface area contributed by atoms with Crippen molar-refractivity contribution in [2.75, 3.05) is 49.5 Å². The second kappa shape index (κ2) is 9.28. The summed E-state index contributed by atoms with van der Waals surface area (Å²) in [6, 6.07) is 1.79. The molecule has 1 aliphatic heterocycles. The molecule has 0 amide bonds. The minimum Gasteiger partial charge on any atom is -0.477 e. The number of aliphatic hydroxyl groups is 1. The van der Waals surface area contributed by atoms with E-state index in [4.69, 9.17) is 5.11 Å². The van der Waals surface area contributed by atoms with Gasteiger partial charge in [-0.25, -0.2) is 19.7 Å². The first-order valence-corrected chi connectivity index (χ1v) is 11.4. The molecule has 0 radical (unpaired) electrons. The lowest BCUT2D eigenvalue weighted by molar-refractivity contribution is 0.0683. The van der Waals surface area contributed by atoms with Gasteiger partial charge in [0.1, 0.15) is 17.2 Å². The lowest BCUT2D eigenvalue weighted by Crippen LogP contribution is -2.47. The summed E-state index contributed by atoms with van der Waals surface area (Å²) in [7, 11) is 0. The van der Waals surface area contributed by atoms with Gasteiger partial charge in [0, 0.05) is 50.3 Å². The molecule has 4 heterocycles. The van der Waals surface area contributed by atoms with Gasteiger partial charge in [0.15, 0.2) is 5.82 Å². The molecule has 0 atom stereocenters. The maximum absolute atomic E-state index is 11.8. The molecular formula is C22H28N8O3. The zero-order valence-corrected chi connectivity index (χ0v) is 18.4. The number of piperazine rings is 1. The highest BCUT2D eigenvalue weighted by atomic mass is 16.4. The zero-order valence-electron chi connectivity index (χ0n) is 18.4. The normalized spacial score (nSPS) is 17.7. The van der Waals surface area contributed by atoms with E-state index in [0.717, 1.165) is 57.7 Å². The summed E-state index contributed by atoms with van der Waals surface area (Å²) in [6.07, 6.45) is 9.14. The maximum atomic E-state index is 11.8. The molecule has 0 bridgehead atoms. The molecule has 1 saturated heterocycles. The number of carboxylic acids is 1. The molecule has 0 spiro atoms. The number of β-amino-alcohol motifs (C(OH)–C–C–N with tert-alkyl or cyclic N) is 1. The molecule has 3 N–H and O–H groups in total. The van der Waals surface area contributed by atoms with E-state index in [1.54, 1.807) is 24.7 Å². The van der Waals surface area contributed by atoms with Crippen molar-refractivity contribution in [3.05, 3.63) is 30.4 Å². The fourth-order valence-electron chi connectivity index (χ4n) is 4.77. The second-order valence-electron chi connectivity index (χ2n) is 8.55. The Balaban J connectivity index is 1.33. The minimum absolute atomic E-state index is 0.147. The average Bonchev–Trinajstić information content (AvgIpc) is 3.48. The summed E-state index contributed by atoms with van der Waals surface area (Å²) in [6.45, 7) is 4.32. The number of fused-ring (bicyclic) bond motifs is 1. The predicted molar refractivity (Wildman–Crippen MR) is 123 cm³/mol. The summed E-state index contributed by atoms with van der Waals surface area (Å²) in [4.78, 5) is 34.2. The van der Waals surface area contributed by atoms with Crippen molar-refractivity contribution in [3.63, 3.8) is 0 Å². The van der Waals surface area contributed by atoms with E-state index < -0.39 is 5.97 Å². The molecule has 1 aliphatic carbocycles. The van der Waals surface area contributed by atoms with E-state index in [1.807, 2.05) is 4.57 Å². The van der Waals surface area contributed by atoms with Crippen LogP contribution in [0, 0.1) is 0 Å². The molecule has 3 aromatic rings. The van der Waals surface area contributed by atoms with Gasteiger partial charge < -0.3 is 25.0 Å². The largest absolute Gasteiger partial charge is 0.477 e. The van der Waals surface area contributed by atoms with Gasteiger partial charge in [-0.05, 0) is 18.9 Å². The van der Waals surface area contributed by atoms with Crippen LogP contribution in [0.4, 0.5) is 17.6 Å². The smallest absolute Gasteiger partial charge is 0.352 e. The van der Waals surface area contributed by atoms with Gasteiger partial charge in [0.25, 0.3) is 0 Å². The Kier molecular flexibility index (Phi) is 6.05. The topological polar surface area (TPSA) is 133 Å². The third-order valence-corrected chi connectivity index (χ3v) is 6.48. The fourth-order valence-corrected chi connectivity index (χ4v) is 4.77. The molecule has 0 aromatic carbocycles. The number of rotatable bonds is 7. The van der Waals surface area contributed by atoms with Crippen molar-refractivity contribution in [2.45, 2.75) is 31.7 Å². The second-order valence-corrected chi connectivity index (χ2v) is 8.55. The van der Waals surface area contributed by atoms with Gasteiger partial charge in [0.2, 0.25) is 5.95 Å². The lowest BCUT2D eigenvalue weighted by atomic mass is 10.2. The number of nitrogens with zero attached hydrogens (tertiary/aromatic N) is 7. The molecule has 0 unspecified atom stereocenters. The number of aliphatic hydroxyl groups excluding tert-OH is 1. The highest BCUT2D eigenvalue weighted by Crippen LogP contribution is 2.34. The van der Waals surface area contributed by atoms with Crippen LogP contribution in [0.5, 0.6) is 0 Å². The molecule has 174 valence electrons. The highest BCUT2D eigenvalue weighted by Gasteiger charge is 2.25. The predicted octanol–water partition coefficient (Wildman–Crippen LogP) is 1.89. The van der Waals surface area contributed by atoms with Crippen LogP contribution in [0.3, 0.4) is 0 Å². The van der Waals surface area contributed by atoms with E-state index in [9.17, 15) is 9.90 Å². The van der Waals surface area contributed by atoms with Crippen molar-refractivity contribution in [3.8, 4) is 0 Å². The Morgan fingerprint density at radius 2 is 1.85 bits per heavy atom. The molecule has 1 saturated carbocycles. The van der Waals surface area contributed by atoms with Crippen molar-refractivity contribution < 1.29 is 15.0 Å². The molecule has 2 fully saturated rings. The Labute approximate surface area is 191 Å². The number of carboxylic acid groups (broad SMARTS) is 1. The van der Waals surface area contributed by atoms with Gasteiger partial charge >= 0.3 is 5.97 Å².